The molecule has 1 N–H and O–H groups in total. The van der Waals surface area contributed by atoms with Crippen LogP contribution < -0.4 is 15.0 Å². The van der Waals surface area contributed by atoms with Crippen LogP contribution in [0.3, 0.4) is 0 Å². The standard InChI is InChI=1S/C27H30N2O3/c1-3-4-19-32-23-14-10-13-22(20-23)27(31)29(2)25-16-9-8-15-24(25)26(30)28-18-17-21-11-6-5-7-12-21/h5-16,20H,3-4,17-19H2,1-2H3,(H,28,30). The summed E-state index contributed by atoms with van der Waals surface area (Å²) in [5.41, 5.74) is 2.70. The number of carbonyl (C=O) groups excluding carboxylic acids is 2. The third-order valence-electron chi connectivity index (χ3n) is 5.20. The molecule has 3 rings (SSSR count). The van der Waals surface area contributed by atoms with Crippen molar-refractivity contribution >= 4 is 17.5 Å². The maximum atomic E-state index is 13.1. The van der Waals surface area contributed by atoms with E-state index in [1.54, 1.807) is 37.4 Å². The number of ether oxygens (including phenoxy) is 1. The molecule has 0 aromatic heterocycles. The maximum Gasteiger partial charge on any atom is 0.258 e. The molecule has 3 aromatic carbocycles. The Kier molecular flexibility index (Phi) is 8.44. The SMILES string of the molecule is CCCCOc1cccc(C(=O)N(C)c2ccccc2C(=O)NCCc2ccccc2)c1. The van der Waals surface area contributed by atoms with Gasteiger partial charge in [-0.1, -0.05) is 61.9 Å². The summed E-state index contributed by atoms with van der Waals surface area (Å²) in [5, 5.41) is 2.96. The first-order chi connectivity index (χ1) is 15.6. The highest BCUT2D eigenvalue weighted by Crippen LogP contribution is 2.23. The molecule has 5 heteroatoms. The molecule has 0 saturated carbocycles. The van der Waals surface area contributed by atoms with Crippen molar-refractivity contribution in [2.24, 2.45) is 0 Å². The van der Waals surface area contributed by atoms with Gasteiger partial charge in [0.2, 0.25) is 0 Å². The summed E-state index contributed by atoms with van der Waals surface area (Å²) >= 11 is 0. The second-order valence-electron chi connectivity index (χ2n) is 7.60. The van der Waals surface area contributed by atoms with Gasteiger partial charge in [0.15, 0.2) is 0 Å². The third kappa shape index (κ3) is 6.20. The Hall–Kier alpha value is -3.60. The van der Waals surface area contributed by atoms with E-state index in [-0.39, 0.29) is 11.8 Å². The van der Waals surface area contributed by atoms with Gasteiger partial charge in [-0.3, -0.25) is 9.59 Å². The smallest absolute Gasteiger partial charge is 0.258 e. The van der Waals surface area contributed by atoms with Crippen LogP contribution >= 0.6 is 0 Å². The summed E-state index contributed by atoms with van der Waals surface area (Å²) in [4.78, 5) is 27.5. The fraction of sp³-hybridized carbons (Fsp3) is 0.259. The molecule has 0 bridgehead atoms. The average molecular weight is 431 g/mol. The van der Waals surface area contributed by atoms with Crippen LogP contribution in [0.2, 0.25) is 0 Å². The van der Waals surface area contributed by atoms with Gasteiger partial charge in [-0.15, -0.1) is 0 Å². The van der Waals surface area contributed by atoms with Crippen LogP contribution in [0.25, 0.3) is 0 Å². The van der Waals surface area contributed by atoms with Crippen LogP contribution in [0, 0.1) is 0 Å². The molecule has 32 heavy (non-hydrogen) atoms. The van der Waals surface area contributed by atoms with E-state index >= 15 is 0 Å². The lowest BCUT2D eigenvalue weighted by atomic mass is 10.1. The highest BCUT2D eigenvalue weighted by Gasteiger charge is 2.20. The molecule has 0 aliphatic rings. The minimum absolute atomic E-state index is 0.199. The summed E-state index contributed by atoms with van der Waals surface area (Å²) in [5.74, 6) is 0.271. The quantitative estimate of drug-likeness (QED) is 0.455. The topological polar surface area (TPSA) is 58.6 Å². The number of anilines is 1. The third-order valence-corrected chi connectivity index (χ3v) is 5.20. The summed E-state index contributed by atoms with van der Waals surface area (Å²) < 4.78 is 5.73. The fourth-order valence-corrected chi connectivity index (χ4v) is 3.37. The summed E-state index contributed by atoms with van der Waals surface area (Å²) in [6.45, 7) is 3.25. The Morgan fingerprint density at radius 1 is 0.938 bits per heavy atom. The highest BCUT2D eigenvalue weighted by molar-refractivity contribution is 6.10. The molecular weight excluding hydrogens is 400 g/mol. The predicted octanol–water partition coefficient (Wildman–Crippen LogP) is 5.11. The van der Waals surface area contributed by atoms with Crippen molar-refractivity contribution in [3.8, 4) is 5.75 Å². The normalized spacial score (nSPS) is 10.4. The fourth-order valence-electron chi connectivity index (χ4n) is 3.37. The number of nitrogens with one attached hydrogen (secondary N) is 1. The molecule has 0 fully saturated rings. The van der Waals surface area contributed by atoms with Crippen LogP contribution in [0.1, 0.15) is 46.0 Å². The number of nitrogens with zero attached hydrogens (tertiary/aromatic N) is 1. The molecule has 0 aliphatic heterocycles. The first-order valence-corrected chi connectivity index (χ1v) is 11.0. The Bertz CT molecular complexity index is 1030. The van der Waals surface area contributed by atoms with Crippen LogP contribution in [0.5, 0.6) is 5.75 Å². The Morgan fingerprint density at radius 3 is 2.47 bits per heavy atom. The molecule has 0 spiro atoms. The monoisotopic (exact) mass is 430 g/mol. The number of hydrogen-bond acceptors (Lipinski definition) is 3. The summed E-state index contributed by atoms with van der Waals surface area (Å²) in [6.07, 6.45) is 2.75. The number of para-hydroxylation sites is 1. The van der Waals surface area contributed by atoms with E-state index in [1.165, 1.54) is 4.90 Å². The Morgan fingerprint density at radius 2 is 1.69 bits per heavy atom. The molecule has 0 saturated heterocycles. The van der Waals surface area contributed by atoms with Gasteiger partial charge in [-0.2, -0.15) is 0 Å². The molecule has 5 nitrogen and oxygen atoms in total. The molecular formula is C27H30N2O3. The van der Waals surface area contributed by atoms with Crippen molar-refractivity contribution in [3.05, 3.63) is 95.6 Å². The van der Waals surface area contributed by atoms with Crippen LogP contribution in [-0.4, -0.2) is 32.0 Å². The molecule has 0 unspecified atom stereocenters. The summed E-state index contributed by atoms with van der Waals surface area (Å²) in [6, 6.07) is 24.3. The minimum Gasteiger partial charge on any atom is -0.494 e. The zero-order valence-electron chi connectivity index (χ0n) is 18.7. The second kappa shape index (κ2) is 11.7. The average Bonchev–Trinajstić information content (AvgIpc) is 2.84. The van der Waals surface area contributed by atoms with Gasteiger partial charge in [0.05, 0.1) is 17.9 Å². The molecule has 0 radical (unpaired) electrons. The first kappa shape index (κ1) is 23.1. The number of unbranched alkanes of at least 4 members (excludes halogenated alkanes) is 1. The van der Waals surface area contributed by atoms with E-state index in [2.05, 4.69) is 12.2 Å². The van der Waals surface area contributed by atoms with E-state index < -0.39 is 0 Å². The largest absolute Gasteiger partial charge is 0.494 e. The van der Waals surface area contributed by atoms with Gasteiger partial charge in [-0.25, -0.2) is 0 Å². The molecule has 3 aromatic rings. The van der Waals surface area contributed by atoms with Crippen molar-refractivity contribution in [1.29, 1.82) is 0 Å². The number of amides is 2. The van der Waals surface area contributed by atoms with Gasteiger partial charge in [0.25, 0.3) is 11.8 Å². The molecule has 2 amide bonds. The van der Waals surface area contributed by atoms with E-state index in [1.807, 2.05) is 48.5 Å². The van der Waals surface area contributed by atoms with Gasteiger partial charge in [-0.05, 0) is 48.7 Å². The number of hydrogen-bond donors (Lipinski definition) is 1. The zero-order chi connectivity index (χ0) is 22.8. The van der Waals surface area contributed by atoms with Crippen LogP contribution in [-0.2, 0) is 6.42 Å². The van der Waals surface area contributed by atoms with Crippen LogP contribution in [0.15, 0.2) is 78.9 Å². The second-order valence-corrected chi connectivity index (χ2v) is 7.60. The maximum absolute atomic E-state index is 13.1. The van der Waals surface area contributed by atoms with E-state index in [0.717, 1.165) is 24.8 Å². The molecule has 0 aliphatic carbocycles. The van der Waals surface area contributed by atoms with Crippen molar-refractivity contribution in [1.82, 2.24) is 5.32 Å². The highest BCUT2D eigenvalue weighted by atomic mass is 16.5. The number of rotatable bonds is 10. The van der Waals surface area contributed by atoms with Crippen molar-refractivity contribution in [2.45, 2.75) is 26.2 Å². The number of carbonyl (C=O) groups is 2. The number of benzene rings is 3. The van der Waals surface area contributed by atoms with Crippen molar-refractivity contribution < 1.29 is 14.3 Å². The Balaban J connectivity index is 1.69. The van der Waals surface area contributed by atoms with Crippen molar-refractivity contribution in [3.63, 3.8) is 0 Å². The van der Waals surface area contributed by atoms with Gasteiger partial charge in [0, 0.05) is 19.2 Å². The van der Waals surface area contributed by atoms with Gasteiger partial charge in [0.1, 0.15) is 5.75 Å². The van der Waals surface area contributed by atoms with Gasteiger partial charge < -0.3 is 15.0 Å². The molecule has 0 atom stereocenters. The van der Waals surface area contributed by atoms with E-state index in [0.29, 0.717) is 35.7 Å². The minimum atomic E-state index is -0.201. The van der Waals surface area contributed by atoms with Crippen molar-refractivity contribution in [2.75, 3.05) is 25.1 Å². The van der Waals surface area contributed by atoms with E-state index in [4.69, 9.17) is 4.74 Å². The molecule has 0 heterocycles. The summed E-state index contributed by atoms with van der Waals surface area (Å²) in [7, 11) is 1.68. The van der Waals surface area contributed by atoms with Crippen LogP contribution in [0.4, 0.5) is 5.69 Å². The first-order valence-electron chi connectivity index (χ1n) is 11.0. The molecule has 166 valence electrons. The predicted molar refractivity (Wildman–Crippen MR) is 128 cm³/mol. The van der Waals surface area contributed by atoms with E-state index in [9.17, 15) is 9.59 Å². The van der Waals surface area contributed by atoms with Gasteiger partial charge >= 0.3 is 0 Å². The Labute approximate surface area is 190 Å². The lowest BCUT2D eigenvalue weighted by Crippen LogP contribution is -2.31. The zero-order valence-corrected chi connectivity index (χ0v) is 18.7. The lowest BCUT2D eigenvalue weighted by molar-refractivity contribution is 0.0954. The lowest BCUT2D eigenvalue weighted by Gasteiger charge is -2.21.